The molecule has 3 heteroatoms. The molecule has 0 fully saturated rings. The highest BCUT2D eigenvalue weighted by atomic mass is 19.1. The predicted octanol–water partition coefficient (Wildman–Crippen LogP) is 1.70. The first kappa shape index (κ1) is 6.13. The zero-order valence-corrected chi connectivity index (χ0v) is 4.51. The summed E-state index contributed by atoms with van der Waals surface area (Å²) in [5, 5.41) is 0. The lowest BCUT2D eigenvalue weighted by Gasteiger charge is -1.88. The Balaban J connectivity index is 2.88. The maximum absolute atomic E-state index is 12.0. The number of rotatable bonds is 1. The Morgan fingerprint density at radius 3 is 2.67 bits per heavy atom. The number of hydrogen-bond donors (Lipinski definition) is 0. The monoisotopic (exact) mass is 128 g/mol. The SMILES string of the molecule is F[CH]c1ccc(F)cn1. The van der Waals surface area contributed by atoms with Crippen LogP contribution in [0.2, 0.25) is 0 Å². The van der Waals surface area contributed by atoms with Gasteiger partial charge in [-0.05, 0) is 12.1 Å². The van der Waals surface area contributed by atoms with Crippen LogP contribution in [-0.4, -0.2) is 4.98 Å². The van der Waals surface area contributed by atoms with E-state index < -0.39 is 5.82 Å². The van der Waals surface area contributed by atoms with Crippen LogP contribution in [0.25, 0.3) is 0 Å². The maximum atomic E-state index is 12.0. The third kappa shape index (κ3) is 1.45. The largest absolute Gasteiger partial charge is 0.255 e. The fraction of sp³-hybridized carbons (Fsp3) is 0. The lowest BCUT2D eigenvalue weighted by atomic mass is 10.4. The summed E-state index contributed by atoms with van der Waals surface area (Å²) < 4.78 is 23.6. The van der Waals surface area contributed by atoms with Crippen LogP contribution in [0.3, 0.4) is 0 Å². The average molecular weight is 128 g/mol. The average Bonchev–Trinajstić information content (AvgIpc) is 1.90. The molecular formula is C6H4F2N. The van der Waals surface area contributed by atoms with Crippen molar-refractivity contribution in [2.75, 3.05) is 0 Å². The summed E-state index contributed by atoms with van der Waals surface area (Å²) in [5.74, 6) is -0.458. The molecule has 0 atom stereocenters. The van der Waals surface area contributed by atoms with Crippen molar-refractivity contribution < 1.29 is 8.78 Å². The molecule has 0 saturated heterocycles. The van der Waals surface area contributed by atoms with Gasteiger partial charge in [0, 0.05) is 0 Å². The van der Waals surface area contributed by atoms with Gasteiger partial charge >= 0.3 is 0 Å². The highest BCUT2D eigenvalue weighted by Gasteiger charge is 1.92. The minimum absolute atomic E-state index is 0.136. The number of aromatic nitrogens is 1. The van der Waals surface area contributed by atoms with Crippen LogP contribution in [0.4, 0.5) is 8.78 Å². The van der Waals surface area contributed by atoms with Crippen molar-refractivity contribution in [1.82, 2.24) is 4.98 Å². The lowest BCUT2D eigenvalue weighted by molar-refractivity contribution is 0.609. The van der Waals surface area contributed by atoms with Crippen molar-refractivity contribution in [3.05, 3.63) is 36.5 Å². The Bertz CT molecular complexity index is 183. The van der Waals surface area contributed by atoms with Crippen molar-refractivity contribution >= 4 is 0 Å². The van der Waals surface area contributed by atoms with Crippen molar-refractivity contribution in [3.63, 3.8) is 0 Å². The van der Waals surface area contributed by atoms with E-state index in [0.717, 1.165) is 12.3 Å². The highest BCUT2D eigenvalue weighted by molar-refractivity contribution is 5.09. The topological polar surface area (TPSA) is 12.9 Å². The van der Waals surface area contributed by atoms with Gasteiger partial charge in [-0.3, -0.25) is 4.98 Å². The minimum atomic E-state index is -0.458. The summed E-state index contributed by atoms with van der Waals surface area (Å²) in [5.41, 5.74) is 0.136. The van der Waals surface area contributed by atoms with Crippen LogP contribution in [0.1, 0.15) is 5.69 Å². The molecule has 0 aromatic carbocycles. The molecule has 0 saturated carbocycles. The van der Waals surface area contributed by atoms with Gasteiger partial charge in [0.2, 0.25) is 0 Å². The molecule has 0 unspecified atom stereocenters. The van der Waals surface area contributed by atoms with E-state index in [9.17, 15) is 8.78 Å². The molecule has 9 heavy (non-hydrogen) atoms. The fourth-order valence-electron chi connectivity index (χ4n) is 0.452. The first-order valence-corrected chi connectivity index (χ1v) is 2.38. The van der Waals surface area contributed by atoms with E-state index in [0.29, 0.717) is 6.67 Å². The van der Waals surface area contributed by atoms with E-state index in [1.807, 2.05) is 0 Å². The summed E-state index contributed by atoms with van der Waals surface area (Å²) in [6, 6.07) is 2.41. The van der Waals surface area contributed by atoms with E-state index in [2.05, 4.69) is 4.98 Å². The number of halogens is 2. The lowest BCUT2D eigenvalue weighted by Crippen LogP contribution is -1.82. The van der Waals surface area contributed by atoms with Crippen LogP contribution in [-0.2, 0) is 0 Å². The van der Waals surface area contributed by atoms with Gasteiger partial charge in [-0.2, -0.15) is 0 Å². The van der Waals surface area contributed by atoms with Gasteiger partial charge < -0.3 is 0 Å². The zero-order chi connectivity index (χ0) is 6.69. The quantitative estimate of drug-likeness (QED) is 0.561. The van der Waals surface area contributed by atoms with E-state index in [1.54, 1.807) is 0 Å². The second-order valence-corrected chi connectivity index (χ2v) is 1.51. The fourth-order valence-corrected chi connectivity index (χ4v) is 0.452. The molecule has 0 N–H and O–H groups in total. The maximum Gasteiger partial charge on any atom is 0.179 e. The Kier molecular flexibility index (Phi) is 1.72. The number of nitrogens with zero attached hydrogens (tertiary/aromatic N) is 1. The van der Waals surface area contributed by atoms with Crippen molar-refractivity contribution in [2.45, 2.75) is 0 Å². The molecule has 0 aliphatic carbocycles. The van der Waals surface area contributed by atoms with Gasteiger partial charge in [-0.15, -0.1) is 0 Å². The molecule has 1 radical (unpaired) electrons. The van der Waals surface area contributed by atoms with Gasteiger partial charge in [0.1, 0.15) is 5.82 Å². The summed E-state index contributed by atoms with van der Waals surface area (Å²) in [6.07, 6.45) is 0.964. The second-order valence-electron chi connectivity index (χ2n) is 1.51. The molecule has 0 spiro atoms. The Hall–Kier alpha value is -0.990. The third-order valence-corrected chi connectivity index (χ3v) is 0.862. The molecule has 0 aliphatic heterocycles. The van der Waals surface area contributed by atoms with Crippen LogP contribution in [0, 0.1) is 12.5 Å². The third-order valence-electron chi connectivity index (χ3n) is 0.862. The summed E-state index contributed by atoms with van der Waals surface area (Å²) in [4.78, 5) is 3.39. The molecule has 0 amide bonds. The molecular weight excluding hydrogens is 124 g/mol. The predicted molar refractivity (Wildman–Crippen MR) is 28.7 cm³/mol. The Morgan fingerprint density at radius 2 is 2.22 bits per heavy atom. The van der Waals surface area contributed by atoms with Crippen LogP contribution in [0.15, 0.2) is 18.3 Å². The van der Waals surface area contributed by atoms with Crippen LogP contribution < -0.4 is 0 Å². The van der Waals surface area contributed by atoms with E-state index in [1.165, 1.54) is 6.07 Å². The van der Waals surface area contributed by atoms with Crippen molar-refractivity contribution in [2.24, 2.45) is 0 Å². The van der Waals surface area contributed by atoms with E-state index in [4.69, 9.17) is 0 Å². The van der Waals surface area contributed by atoms with Gasteiger partial charge in [0.05, 0.1) is 11.9 Å². The van der Waals surface area contributed by atoms with Gasteiger partial charge in [0.25, 0.3) is 0 Å². The molecule has 0 bridgehead atoms. The number of pyridine rings is 1. The first-order chi connectivity index (χ1) is 4.33. The van der Waals surface area contributed by atoms with Gasteiger partial charge in [-0.25, -0.2) is 8.78 Å². The summed E-state index contributed by atoms with van der Waals surface area (Å²) in [7, 11) is 0. The molecule has 1 aromatic heterocycles. The molecule has 1 rings (SSSR count). The minimum Gasteiger partial charge on any atom is -0.255 e. The normalized spacial score (nSPS) is 9.56. The van der Waals surface area contributed by atoms with Gasteiger partial charge in [0.15, 0.2) is 6.67 Å². The molecule has 1 heterocycles. The smallest absolute Gasteiger partial charge is 0.179 e. The highest BCUT2D eigenvalue weighted by Crippen LogP contribution is 1.99. The van der Waals surface area contributed by atoms with Crippen molar-refractivity contribution in [3.8, 4) is 0 Å². The Morgan fingerprint density at radius 1 is 1.44 bits per heavy atom. The van der Waals surface area contributed by atoms with Crippen molar-refractivity contribution in [1.29, 1.82) is 0 Å². The second kappa shape index (κ2) is 2.53. The molecule has 1 nitrogen and oxygen atoms in total. The van der Waals surface area contributed by atoms with Crippen LogP contribution in [0.5, 0.6) is 0 Å². The van der Waals surface area contributed by atoms with E-state index >= 15 is 0 Å². The summed E-state index contributed by atoms with van der Waals surface area (Å²) in [6.45, 7) is 0.319. The standard InChI is InChI=1S/C6H4F2N/c7-3-6-2-1-5(8)4-9-6/h1-4H. The Labute approximate surface area is 51.3 Å². The van der Waals surface area contributed by atoms with Crippen LogP contribution >= 0.6 is 0 Å². The molecule has 47 valence electrons. The summed E-state index contributed by atoms with van der Waals surface area (Å²) >= 11 is 0. The van der Waals surface area contributed by atoms with Gasteiger partial charge in [-0.1, -0.05) is 0 Å². The number of hydrogen-bond acceptors (Lipinski definition) is 1. The molecule has 1 aromatic rings. The first-order valence-electron chi connectivity index (χ1n) is 2.38. The zero-order valence-electron chi connectivity index (χ0n) is 4.51. The molecule has 0 aliphatic rings. The van der Waals surface area contributed by atoms with E-state index in [-0.39, 0.29) is 5.69 Å².